The summed E-state index contributed by atoms with van der Waals surface area (Å²) in [6, 6.07) is 0. The number of ketones is 1. The summed E-state index contributed by atoms with van der Waals surface area (Å²) < 4.78 is 23.9. The molecule has 0 amide bonds. The van der Waals surface area contributed by atoms with E-state index >= 15 is 0 Å². The maximum Gasteiger partial charge on any atom is 0.306 e. The molecule has 0 aromatic rings. The van der Waals surface area contributed by atoms with Gasteiger partial charge >= 0.3 is 5.97 Å². The zero-order valence-electron chi connectivity index (χ0n) is 24.9. The van der Waals surface area contributed by atoms with Crippen LogP contribution in [0.4, 0.5) is 0 Å². The lowest BCUT2D eigenvalue weighted by Crippen LogP contribution is -2.34. The van der Waals surface area contributed by atoms with Crippen LogP contribution in [-0.4, -0.2) is 73.5 Å². The molecule has 3 heterocycles. The van der Waals surface area contributed by atoms with E-state index in [4.69, 9.17) is 24.1 Å². The van der Waals surface area contributed by atoms with Crippen LogP contribution in [0.15, 0.2) is 11.6 Å². The first-order valence-electron chi connectivity index (χ1n) is 15.1. The van der Waals surface area contributed by atoms with E-state index in [0.29, 0.717) is 51.9 Å². The molecule has 2 N–H and O–H groups in total. The summed E-state index contributed by atoms with van der Waals surface area (Å²) in [6.45, 7) is 9.69. The lowest BCUT2D eigenvalue weighted by atomic mass is 9.80. The van der Waals surface area contributed by atoms with Crippen molar-refractivity contribution in [1.29, 1.82) is 0 Å². The first kappa shape index (κ1) is 39.7. The van der Waals surface area contributed by atoms with Crippen molar-refractivity contribution in [1.82, 2.24) is 0 Å². The van der Waals surface area contributed by atoms with Crippen LogP contribution in [0.1, 0.15) is 113 Å². The zero-order chi connectivity index (χ0) is 28.8. The van der Waals surface area contributed by atoms with E-state index in [-0.39, 0.29) is 75.2 Å². The van der Waals surface area contributed by atoms with Gasteiger partial charge in [0, 0.05) is 45.0 Å². The predicted molar refractivity (Wildman–Crippen MR) is 163 cm³/mol. The highest BCUT2D eigenvalue weighted by atomic mass is 16.7. The Kier molecular flexibility index (Phi) is 20.7. The largest absolute Gasteiger partial charge is 0.462 e. The Balaban J connectivity index is 0.00000391. The number of ether oxygens (including phenoxy) is 4. The van der Waals surface area contributed by atoms with Crippen molar-refractivity contribution in [2.24, 2.45) is 23.7 Å². The van der Waals surface area contributed by atoms with E-state index in [1.165, 1.54) is 0 Å². The molecule has 3 aliphatic rings. The number of hydrogen-bond donors (Lipinski definition) is 2. The number of rotatable bonds is 4. The van der Waals surface area contributed by atoms with E-state index in [1.54, 1.807) is 0 Å². The molecule has 3 rings (SSSR count). The molecule has 8 atom stereocenters. The number of esters is 1. The van der Waals surface area contributed by atoms with Gasteiger partial charge in [0.2, 0.25) is 0 Å². The molecule has 4 unspecified atom stereocenters. The van der Waals surface area contributed by atoms with Crippen LogP contribution < -0.4 is 0 Å². The number of aliphatic hydroxyl groups excluding tert-OH is 2. The summed E-state index contributed by atoms with van der Waals surface area (Å²) in [7, 11) is 1.00. The average Bonchev–Trinajstić information content (AvgIpc) is 2.92. The molecule has 2 saturated heterocycles. The highest BCUT2D eigenvalue weighted by Crippen LogP contribution is 2.31. The summed E-state index contributed by atoms with van der Waals surface area (Å²) in [5.41, 5.74) is 1.12. The van der Waals surface area contributed by atoms with Crippen LogP contribution in [0.2, 0.25) is 0 Å². The quantitative estimate of drug-likeness (QED) is 0.293. The fourth-order valence-electron chi connectivity index (χ4n) is 6.04. The number of hydrogen-bond acceptors (Lipinski definition) is 8. The number of cyclic esters (lactones) is 1. The minimum atomic E-state index is -0.507. The first-order chi connectivity index (χ1) is 18.7. The molecule has 2 bridgehead atoms. The summed E-state index contributed by atoms with van der Waals surface area (Å²) in [6.07, 6.45) is 9.09. The summed E-state index contributed by atoms with van der Waals surface area (Å²) >= 11 is 0. The second kappa shape index (κ2) is 21.4. The van der Waals surface area contributed by atoms with Gasteiger partial charge in [-0.05, 0) is 83.5 Å². The van der Waals surface area contributed by atoms with Gasteiger partial charge in [-0.25, -0.2) is 0 Å². The van der Waals surface area contributed by atoms with Crippen molar-refractivity contribution < 1.29 is 38.7 Å². The molecule has 0 saturated carbocycles. The number of carbonyl (C=O) groups is 2. The van der Waals surface area contributed by atoms with Gasteiger partial charge in [-0.2, -0.15) is 0 Å². The van der Waals surface area contributed by atoms with E-state index in [2.05, 4.69) is 19.9 Å². The highest BCUT2D eigenvalue weighted by Gasteiger charge is 2.31. The third-order valence-corrected chi connectivity index (χ3v) is 8.38. The number of Topliss-reactive ketones (excluding diaryl/α,β-unsaturated/α-hetero) is 1. The molecule has 2 fully saturated rings. The van der Waals surface area contributed by atoms with Crippen LogP contribution in [0.3, 0.4) is 0 Å². The van der Waals surface area contributed by atoms with Crippen LogP contribution in [0.5, 0.6) is 0 Å². The van der Waals surface area contributed by atoms with Crippen molar-refractivity contribution in [2.75, 3.05) is 26.9 Å². The normalized spacial score (nSPS) is 35.4. The Bertz CT molecular complexity index is 754. The third kappa shape index (κ3) is 14.1. The summed E-state index contributed by atoms with van der Waals surface area (Å²) in [5.74, 6) is 0.101. The molecular weight excluding hydrogens is 524 g/mol. The van der Waals surface area contributed by atoms with Crippen molar-refractivity contribution in [2.45, 2.75) is 138 Å². The van der Waals surface area contributed by atoms with Crippen LogP contribution >= 0.6 is 0 Å². The Morgan fingerprint density at radius 3 is 2.41 bits per heavy atom. The maximum atomic E-state index is 13.0. The van der Waals surface area contributed by atoms with Crippen LogP contribution in [0.25, 0.3) is 0 Å². The molecule has 41 heavy (non-hydrogen) atoms. The minimum Gasteiger partial charge on any atom is -0.462 e. The second-order valence-electron chi connectivity index (χ2n) is 11.7. The first-order valence-corrected chi connectivity index (χ1v) is 15.1. The molecule has 0 spiro atoms. The highest BCUT2D eigenvalue weighted by molar-refractivity contribution is 5.80. The number of carbonyl (C=O) groups excluding carboxylic acids is 2. The van der Waals surface area contributed by atoms with Gasteiger partial charge in [-0.3, -0.25) is 9.59 Å². The molecule has 0 aliphatic carbocycles. The molecule has 0 radical (unpaired) electrons. The summed E-state index contributed by atoms with van der Waals surface area (Å²) in [4.78, 5) is 26.0. The molecule has 0 aromatic carbocycles. The van der Waals surface area contributed by atoms with E-state index in [9.17, 15) is 14.7 Å². The molecular formula is C33H62O8. The fraction of sp³-hybridized carbons (Fsp3) is 0.879. The maximum absolute atomic E-state index is 13.0. The van der Waals surface area contributed by atoms with Gasteiger partial charge in [0.25, 0.3) is 0 Å². The fourth-order valence-corrected chi connectivity index (χ4v) is 6.04. The van der Waals surface area contributed by atoms with Gasteiger partial charge in [0.15, 0.2) is 6.29 Å². The zero-order valence-corrected chi connectivity index (χ0v) is 24.9. The Morgan fingerprint density at radius 1 is 1.00 bits per heavy atom. The Hall–Kier alpha value is -1.32. The predicted octanol–water partition coefficient (Wildman–Crippen LogP) is 6.26. The van der Waals surface area contributed by atoms with Crippen LogP contribution in [-0.2, 0) is 28.5 Å². The number of aliphatic hydroxyl groups is 2. The topological polar surface area (TPSA) is 112 Å². The lowest BCUT2D eigenvalue weighted by molar-refractivity contribution is -0.197. The van der Waals surface area contributed by atoms with E-state index < -0.39 is 6.10 Å². The lowest BCUT2D eigenvalue weighted by Gasteiger charge is -2.32. The smallest absolute Gasteiger partial charge is 0.306 e. The van der Waals surface area contributed by atoms with Gasteiger partial charge in [-0.15, -0.1) is 0 Å². The van der Waals surface area contributed by atoms with Crippen molar-refractivity contribution in [3.8, 4) is 0 Å². The SMILES string of the molecule is C.C.CCC1OC(=O)CC[C@H]2C[C@@H](COCCC2O)C[C@@H](C)C(=O)CC/C(C)=C/C1CO[C@H]1CCCC(C)O1.CO. The van der Waals surface area contributed by atoms with Crippen molar-refractivity contribution in [3.05, 3.63) is 11.6 Å². The second-order valence-corrected chi connectivity index (χ2v) is 11.7. The molecule has 8 nitrogen and oxygen atoms in total. The molecule has 8 heteroatoms. The molecule has 0 aromatic heterocycles. The van der Waals surface area contributed by atoms with Gasteiger partial charge < -0.3 is 29.2 Å². The van der Waals surface area contributed by atoms with Gasteiger partial charge in [-0.1, -0.05) is 40.3 Å². The number of fused-ring (bicyclic) bond motifs is 2. The molecule has 3 aliphatic heterocycles. The molecule has 242 valence electrons. The van der Waals surface area contributed by atoms with Gasteiger partial charge in [0.1, 0.15) is 11.9 Å². The Morgan fingerprint density at radius 2 is 1.73 bits per heavy atom. The average molecular weight is 587 g/mol. The van der Waals surface area contributed by atoms with Crippen molar-refractivity contribution in [3.63, 3.8) is 0 Å². The standard InChI is InChI=1S/C30H50O7.CH4O.2CH4/c1-5-28-25(19-35-30-8-6-7-22(4)36-30)15-20(2)9-11-26(31)21(3)16-23-17-24(10-12-29(33)37-28)27(32)13-14-34-18-23;1-2;;/h15,21-25,27-28,30,32H,5-14,16-19H2,1-4H3;2H,1H3;2*1H4/b20-15+;;;/t21-,22?,23+,24+,25?,27?,28?,30-;;;/m1.../s1. The van der Waals surface area contributed by atoms with E-state index in [0.717, 1.165) is 44.8 Å². The van der Waals surface area contributed by atoms with Crippen molar-refractivity contribution >= 4 is 11.8 Å². The third-order valence-electron chi connectivity index (χ3n) is 8.38. The van der Waals surface area contributed by atoms with Gasteiger partial charge in [0.05, 0.1) is 18.8 Å². The minimum absolute atomic E-state index is 0. The van der Waals surface area contributed by atoms with Crippen LogP contribution in [0, 0.1) is 23.7 Å². The van der Waals surface area contributed by atoms with E-state index in [1.807, 2.05) is 13.8 Å². The monoisotopic (exact) mass is 586 g/mol. The summed E-state index contributed by atoms with van der Waals surface area (Å²) in [5, 5.41) is 17.8. The Labute approximate surface area is 250 Å². The number of allylic oxidation sites excluding steroid dienone is 1.